The summed E-state index contributed by atoms with van der Waals surface area (Å²) in [6.45, 7) is 0. The summed E-state index contributed by atoms with van der Waals surface area (Å²) in [7, 11) is 0. The number of halogens is 1. The number of pyridine rings is 1. The first-order valence-corrected chi connectivity index (χ1v) is 5.01. The Balaban J connectivity index is 2.46. The number of aromatic nitrogens is 1. The molecule has 0 aliphatic carbocycles. The largest absolute Gasteiger partial charge is 0.256 e. The highest BCUT2D eigenvalue weighted by atomic mass is 35.5. The van der Waals surface area contributed by atoms with Gasteiger partial charge in [0.25, 0.3) is 0 Å². The first kappa shape index (κ1) is 9.22. The van der Waals surface area contributed by atoms with E-state index in [-0.39, 0.29) is 0 Å². The molecule has 2 heteroatoms. The zero-order valence-electron chi connectivity index (χ0n) is 7.65. The first-order valence-electron chi connectivity index (χ1n) is 4.47. The summed E-state index contributed by atoms with van der Waals surface area (Å²) in [5.41, 5.74) is 2.11. The van der Waals surface area contributed by atoms with Gasteiger partial charge in [-0.25, -0.2) is 0 Å². The van der Waals surface area contributed by atoms with Gasteiger partial charge in [-0.2, -0.15) is 0 Å². The van der Waals surface area contributed by atoms with Gasteiger partial charge in [-0.15, -0.1) is 11.6 Å². The molecule has 1 aromatic carbocycles. The van der Waals surface area contributed by atoms with Gasteiger partial charge in [0, 0.05) is 17.5 Å². The molecule has 0 radical (unpaired) electrons. The van der Waals surface area contributed by atoms with Crippen LogP contribution in [0.15, 0.2) is 42.6 Å². The van der Waals surface area contributed by atoms with E-state index in [4.69, 9.17) is 11.6 Å². The number of para-hydroxylation sites is 1. The highest BCUT2D eigenvalue weighted by molar-refractivity contribution is 6.19. The zero-order chi connectivity index (χ0) is 9.80. The van der Waals surface area contributed by atoms with Crippen molar-refractivity contribution in [2.24, 2.45) is 0 Å². The lowest BCUT2D eigenvalue weighted by atomic mass is 10.1. The van der Waals surface area contributed by atoms with Crippen LogP contribution in [-0.4, -0.2) is 10.9 Å². The minimum Gasteiger partial charge on any atom is -0.256 e. The van der Waals surface area contributed by atoms with Gasteiger partial charge in [0.2, 0.25) is 0 Å². The van der Waals surface area contributed by atoms with Crippen molar-refractivity contribution in [2.75, 3.05) is 5.88 Å². The number of rotatable bonds is 2. The summed E-state index contributed by atoms with van der Waals surface area (Å²) in [6.07, 6.45) is 5.74. The lowest BCUT2D eigenvalue weighted by Crippen LogP contribution is -1.80. The zero-order valence-corrected chi connectivity index (χ0v) is 8.41. The molecule has 2 rings (SSSR count). The van der Waals surface area contributed by atoms with E-state index in [9.17, 15) is 0 Å². The van der Waals surface area contributed by atoms with Gasteiger partial charge in [-0.1, -0.05) is 30.4 Å². The molecule has 1 nitrogen and oxygen atoms in total. The third kappa shape index (κ3) is 1.94. The summed E-state index contributed by atoms with van der Waals surface area (Å²) in [5, 5.41) is 1.16. The van der Waals surface area contributed by atoms with Gasteiger partial charge in [-0.3, -0.25) is 4.98 Å². The molecule has 0 amide bonds. The van der Waals surface area contributed by atoms with Crippen LogP contribution in [0.2, 0.25) is 0 Å². The molecule has 0 unspecified atom stereocenters. The number of fused-ring (bicyclic) bond motifs is 1. The second-order valence-corrected chi connectivity index (χ2v) is 3.33. The number of nitrogens with zero attached hydrogens (tertiary/aromatic N) is 1. The topological polar surface area (TPSA) is 12.9 Å². The van der Waals surface area contributed by atoms with Crippen molar-refractivity contribution in [3.05, 3.63) is 48.2 Å². The van der Waals surface area contributed by atoms with Crippen molar-refractivity contribution in [3.8, 4) is 0 Å². The van der Waals surface area contributed by atoms with Gasteiger partial charge in [0.15, 0.2) is 0 Å². The Morgan fingerprint density at radius 2 is 2.14 bits per heavy atom. The van der Waals surface area contributed by atoms with E-state index in [1.165, 1.54) is 0 Å². The van der Waals surface area contributed by atoms with E-state index >= 15 is 0 Å². The Morgan fingerprint density at radius 3 is 3.00 bits per heavy atom. The van der Waals surface area contributed by atoms with Gasteiger partial charge in [0.1, 0.15) is 0 Å². The third-order valence-electron chi connectivity index (χ3n) is 2.01. The van der Waals surface area contributed by atoms with Crippen LogP contribution in [0, 0.1) is 0 Å². The predicted octanol–water partition coefficient (Wildman–Crippen LogP) is 3.49. The molecule has 0 aliphatic rings. The molecular weight excluding hydrogens is 194 g/mol. The van der Waals surface area contributed by atoms with Crippen LogP contribution in [0.5, 0.6) is 0 Å². The van der Waals surface area contributed by atoms with Crippen molar-refractivity contribution in [2.45, 2.75) is 0 Å². The number of benzene rings is 1. The number of allylic oxidation sites excluding steroid dienone is 1. The second-order valence-electron chi connectivity index (χ2n) is 3.02. The van der Waals surface area contributed by atoms with Gasteiger partial charge in [0.05, 0.1) is 5.52 Å². The number of hydrogen-bond acceptors (Lipinski definition) is 1. The normalized spacial score (nSPS) is 11.2. The van der Waals surface area contributed by atoms with E-state index < -0.39 is 0 Å². The van der Waals surface area contributed by atoms with Crippen molar-refractivity contribution in [1.82, 2.24) is 4.98 Å². The van der Waals surface area contributed by atoms with E-state index in [1.807, 2.05) is 36.5 Å². The molecule has 0 bridgehead atoms. The number of hydrogen-bond donors (Lipinski definition) is 0. The molecule has 0 N–H and O–H groups in total. The van der Waals surface area contributed by atoms with Crippen molar-refractivity contribution in [3.63, 3.8) is 0 Å². The fraction of sp³-hybridized carbons (Fsp3) is 0.0833. The maximum atomic E-state index is 5.56. The number of alkyl halides is 1. The summed E-state index contributed by atoms with van der Waals surface area (Å²) < 4.78 is 0. The average molecular weight is 204 g/mol. The van der Waals surface area contributed by atoms with Crippen LogP contribution in [0.4, 0.5) is 0 Å². The monoisotopic (exact) mass is 203 g/mol. The molecule has 2 aromatic rings. The highest BCUT2D eigenvalue weighted by Crippen LogP contribution is 2.13. The predicted molar refractivity (Wildman–Crippen MR) is 61.5 cm³/mol. The summed E-state index contributed by atoms with van der Waals surface area (Å²) in [6, 6.07) is 10.2. The molecule has 0 saturated heterocycles. The van der Waals surface area contributed by atoms with Crippen LogP contribution in [0.3, 0.4) is 0 Å². The molecule has 14 heavy (non-hydrogen) atoms. The molecule has 0 spiro atoms. The summed E-state index contributed by atoms with van der Waals surface area (Å²) >= 11 is 5.56. The van der Waals surface area contributed by atoms with E-state index in [2.05, 4.69) is 17.1 Å². The summed E-state index contributed by atoms with van der Waals surface area (Å²) in [5.74, 6) is 0.535. The Labute approximate surface area is 88.0 Å². The van der Waals surface area contributed by atoms with Crippen LogP contribution < -0.4 is 0 Å². The first-order chi connectivity index (χ1) is 6.90. The van der Waals surface area contributed by atoms with Crippen molar-refractivity contribution in [1.29, 1.82) is 0 Å². The van der Waals surface area contributed by atoms with Gasteiger partial charge in [-0.05, 0) is 17.7 Å². The second kappa shape index (κ2) is 4.25. The van der Waals surface area contributed by atoms with Crippen LogP contribution in [0.1, 0.15) is 5.56 Å². The van der Waals surface area contributed by atoms with Gasteiger partial charge >= 0.3 is 0 Å². The molecule has 70 valence electrons. The highest BCUT2D eigenvalue weighted by Gasteiger charge is 1.93. The molecule has 1 heterocycles. The van der Waals surface area contributed by atoms with E-state index in [0.717, 1.165) is 16.5 Å². The molecule has 0 atom stereocenters. The molecule has 0 fully saturated rings. The Morgan fingerprint density at radius 1 is 1.29 bits per heavy atom. The minimum atomic E-state index is 0.535. The lowest BCUT2D eigenvalue weighted by Gasteiger charge is -1.97. The average Bonchev–Trinajstić information content (AvgIpc) is 2.26. The lowest BCUT2D eigenvalue weighted by molar-refractivity contribution is 1.40. The summed E-state index contributed by atoms with van der Waals surface area (Å²) in [4.78, 5) is 4.34. The Bertz CT molecular complexity index is 463. The Kier molecular flexibility index (Phi) is 2.80. The molecule has 0 saturated carbocycles. The smallest absolute Gasteiger partial charge is 0.0702 e. The minimum absolute atomic E-state index is 0.535. The standard InChI is InChI=1S/C12H10ClN/c13-7-3-4-10-8-11-5-1-2-6-12(11)14-9-10/h1-6,8-9H,7H2/b4-3+. The molecule has 0 aliphatic heterocycles. The quantitative estimate of drug-likeness (QED) is 0.681. The fourth-order valence-electron chi connectivity index (χ4n) is 1.36. The Hall–Kier alpha value is -1.34. The van der Waals surface area contributed by atoms with Crippen LogP contribution in [0.25, 0.3) is 17.0 Å². The molecular formula is C12H10ClN. The SMILES string of the molecule is ClC/C=C/c1cnc2ccccc2c1. The van der Waals surface area contributed by atoms with Crippen LogP contribution in [-0.2, 0) is 0 Å². The van der Waals surface area contributed by atoms with Crippen molar-refractivity contribution < 1.29 is 0 Å². The maximum absolute atomic E-state index is 5.56. The van der Waals surface area contributed by atoms with Crippen molar-refractivity contribution >= 4 is 28.6 Å². The molecule has 1 aromatic heterocycles. The van der Waals surface area contributed by atoms with E-state index in [0.29, 0.717) is 5.88 Å². The fourth-order valence-corrected chi connectivity index (χ4v) is 1.45. The van der Waals surface area contributed by atoms with E-state index in [1.54, 1.807) is 0 Å². The maximum Gasteiger partial charge on any atom is 0.0702 e. The van der Waals surface area contributed by atoms with Gasteiger partial charge < -0.3 is 0 Å². The van der Waals surface area contributed by atoms with Crippen LogP contribution >= 0.6 is 11.6 Å². The third-order valence-corrected chi connectivity index (χ3v) is 2.19.